The van der Waals surface area contributed by atoms with Crippen LogP contribution in [0.2, 0.25) is 0 Å². The average Bonchev–Trinajstić information content (AvgIpc) is 3.11. The molecule has 0 aliphatic carbocycles. The lowest BCUT2D eigenvalue weighted by Crippen LogP contribution is -2.41. The highest BCUT2D eigenvalue weighted by Gasteiger charge is 2.23. The number of benzene rings is 2. The Labute approximate surface area is 177 Å². The number of carbonyl (C=O) groups excluding carboxylic acids is 1. The van der Waals surface area contributed by atoms with Crippen molar-refractivity contribution in [3.63, 3.8) is 0 Å². The third-order valence-electron chi connectivity index (χ3n) is 4.70. The maximum Gasteiger partial charge on any atom is 0.270 e. The number of hydrogen-bond donors (Lipinski definition) is 1. The molecule has 0 unspecified atom stereocenters. The zero-order valence-electron chi connectivity index (χ0n) is 18.7. The van der Waals surface area contributed by atoms with E-state index in [0.717, 1.165) is 22.4 Å². The van der Waals surface area contributed by atoms with Crippen LogP contribution in [0.5, 0.6) is 11.5 Å². The SMILES string of the molecule is COc1ccc(-c2cc(C(=O)NC(C)(C)C)n(-c3ccc(C)cc3C)n2)c(OC)c1. The summed E-state index contributed by atoms with van der Waals surface area (Å²) in [6, 6.07) is 13.4. The van der Waals surface area contributed by atoms with Gasteiger partial charge in [0, 0.05) is 17.2 Å². The Morgan fingerprint density at radius 1 is 1.00 bits per heavy atom. The van der Waals surface area contributed by atoms with Gasteiger partial charge >= 0.3 is 0 Å². The predicted molar refractivity (Wildman–Crippen MR) is 119 cm³/mol. The molecule has 0 spiro atoms. The Bertz CT molecular complexity index is 1080. The van der Waals surface area contributed by atoms with Crippen LogP contribution in [-0.4, -0.2) is 35.4 Å². The lowest BCUT2D eigenvalue weighted by atomic mass is 10.1. The Morgan fingerprint density at radius 2 is 1.73 bits per heavy atom. The van der Waals surface area contributed by atoms with Gasteiger partial charge in [0.1, 0.15) is 17.2 Å². The number of carbonyl (C=O) groups is 1. The van der Waals surface area contributed by atoms with Crippen molar-refractivity contribution in [3.05, 3.63) is 59.3 Å². The maximum absolute atomic E-state index is 13.1. The fourth-order valence-electron chi connectivity index (χ4n) is 3.32. The largest absolute Gasteiger partial charge is 0.497 e. The smallest absolute Gasteiger partial charge is 0.270 e. The van der Waals surface area contributed by atoms with E-state index in [-0.39, 0.29) is 11.4 Å². The molecule has 0 aliphatic rings. The third kappa shape index (κ3) is 4.48. The van der Waals surface area contributed by atoms with Gasteiger partial charge in [0.05, 0.1) is 25.6 Å². The maximum atomic E-state index is 13.1. The Hall–Kier alpha value is -3.28. The van der Waals surface area contributed by atoms with Crippen LogP contribution in [0.4, 0.5) is 0 Å². The highest BCUT2D eigenvalue weighted by atomic mass is 16.5. The molecule has 3 aromatic rings. The summed E-state index contributed by atoms with van der Waals surface area (Å²) in [7, 11) is 3.21. The molecule has 6 nitrogen and oxygen atoms in total. The number of hydrogen-bond acceptors (Lipinski definition) is 4. The first kappa shape index (κ1) is 21.4. The van der Waals surface area contributed by atoms with Crippen molar-refractivity contribution in [2.75, 3.05) is 14.2 Å². The number of nitrogens with zero attached hydrogens (tertiary/aromatic N) is 2. The monoisotopic (exact) mass is 407 g/mol. The normalized spacial score (nSPS) is 11.3. The number of amides is 1. The quantitative estimate of drug-likeness (QED) is 0.666. The van der Waals surface area contributed by atoms with Crippen LogP contribution < -0.4 is 14.8 Å². The van der Waals surface area contributed by atoms with Crippen LogP contribution in [0.1, 0.15) is 42.4 Å². The van der Waals surface area contributed by atoms with E-state index in [1.165, 1.54) is 0 Å². The van der Waals surface area contributed by atoms with Gasteiger partial charge in [0.25, 0.3) is 5.91 Å². The molecule has 1 N–H and O–H groups in total. The van der Waals surface area contributed by atoms with Crippen molar-refractivity contribution in [1.82, 2.24) is 15.1 Å². The molecule has 0 saturated carbocycles. The van der Waals surface area contributed by atoms with E-state index in [1.54, 1.807) is 31.0 Å². The summed E-state index contributed by atoms with van der Waals surface area (Å²) in [4.78, 5) is 13.1. The number of rotatable bonds is 5. The second-order valence-electron chi connectivity index (χ2n) is 8.39. The van der Waals surface area contributed by atoms with Gasteiger partial charge in [0.15, 0.2) is 0 Å². The molecule has 158 valence electrons. The number of aromatic nitrogens is 2. The van der Waals surface area contributed by atoms with Crippen molar-refractivity contribution in [2.24, 2.45) is 0 Å². The molecular formula is C24H29N3O3. The molecule has 0 bridgehead atoms. The van der Waals surface area contributed by atoms with Crippen molar-refractivity contribution >= 4 is 5.91 Å². The summed E-state index contributed by atoms with van der Waals surface area (Å²) in [6.45, 7) is 9.92. The molecule has 0 fully saturated rings. The van der Waals surface area contributed by atoms with Crippen molar-refractivity contribution in [3.8, 4) is 28.4 Å². The van der Waals surface area contributed by atoms with E-state index in [4.69, 9.17) is 14.6 Å². The van der Waals surface area contributed by atoms with Gasteiger partial charge in [-0.05, 0) is 64.4 Å². The van der Waals surface area contributed by atoms with E-state index < -0.39 is 0 Å². The number of nitrogens with one attached hydrogen (secondary N) is 1. The Morgan fingerprint density at radius 3 is 2.33 bits per heavy atom. The molecule has 30 heavy (non-hydrogen) atoms. The fraction of sp³-hybridized carbons (Fsp3) is 0.333. The van der Waals surface area contributed by atoms with Gasteiger partial charge in [-0.25, -0.2) is 4.68 Å². The van der Waals surface area contributed by atoms with Crippen molar-refractivity contribution in [1.29, 1.82) is 0 Å². The molecule has 3 rings (SSSR count). The van der Waals surface area contributed by atoms with Crippen LogP contribution in [0.15, 0.2) is 42.5 Å². The van der Waals surface area contributed by atoms with E-state index in [9.17, 15) is 4.79 Å². The number of ether oxygens (including phenoxy) is 2. The van der Waals surface area contributed by atoms with E-state index >= 15 is 0 Å². The fourth-order valence-corrected chi connectivity index (χ4v) is 3.32. The summed E-state index contributed by atoms with van der Waals surface area (Å²) < 4.78 is 12.5. The molecule has 1 amide bonds. The van der Waals surface area contributed by atoms with Gasteiger partial charge in [-0.1, -0.05) is 17.7 Å². The Kier molecular flexibility index (Phi) is 5.87. The van der Waals surface area contributed by atoms with Crippen LogP contribution in [0.25, 0.3) is 16.9 Å². The molecule has 6 heteroatoms. The summed E-state index contributed by atoms with van der Waals surface area (Å²) in [5.74, 6) is 1.13. The molecule has 2 aromatic carbocycles. The minimum absolute atomic E-state index is 0.186. The minimum Gasteiger partial charge on any atom is -0.497 e. The standard InChI is InChI=1S/C24H29N3O3/c1-15-8-11-20(16(2)12-15)27-21(23(28)25-24(3,4)5)14-19(26-27)18-10-9-17(29-6)13-22(18)30-7/h8-14H,1-7H3,(H,25,28). The van der Waals surface area contributed by atoms with Crippen LogP contribution in [0, 0.1) is 13.8 Å². The van der Waals surface area contributed by atoms with Crippen molar-refractivity contribution in [2.45, 2.75) is 40.2 Å². The highest BCUT2D eigenvalue weighted by Crippen LogP contribution is 2.34. The topological polar surface area (TPSA) is 65.4 Å². The highest BCUT2D eigenvalue weighted by molar-refractivity contribution is 5.95. The van der Waals surface area contributed by atoms with Crippen LogP contribution in [0.3, 0.4) is 0 Å². The molecule has 0 radical (unpaired) electrons. The predicted octanol–water partition coefficient (Wildman–Crippen LogP) is 4.70. The number of aryl methyl sites for hydroxylation is 2. The molecule has 0 atom stereocenters. The first-order valence-corrected chi connectivity index (χ1v) is 9.85. The summed E-state index contributed by atoms with van der Waals surface area (Å²) in [5, 5.41) is 7.83. The second kappa shape index (κ2) is 8.22. The molecular weight excluding hydrogens is 378 g/mol. The lowest BCUT2D eigenvalue weighted by Gasteiger charge is -2.21. The van der Waals surface area contributed by atoms with Gasteiger partial charge < -0.3 is 14.8 Å². The van der Waals surface area contributed by atoms with Gasteiger partial charge in [0.2, 0.25) is 0 Å². The lowest BCUT2D eigenvalue weighted by molar-refractivity contribution is 0.0911. The van der Waals surface area contributed by atoms with Crippen LogP contribution >= 0.6 is 0 Å². The first-order valence-electron chi connectivity index (χ1n) is 9.85. The number of methoxy groups -OCH3 is 2. The third-order valence-corrected chi connectivity index (χ3v) is 4.70. The van der Waals surface area contributed by atoms with E-state index in [2.05, 4.69) is 11.4 Å². The molecule has 1 aromatic heterocycles. The average molecular weight is 408 g/mol. The van der Waals surface area contributed by atoms with E-state index in [1.807, 2.05) is 58.9 Å². The van der Waals surface area contributed by atoms with Gasteiger partial charge in [-0.2, -0.15) is 5.10 Å². The van der Waals surface area contributed by atoms with Gasteiger partial charge in [-0.15, -0.1) is 0 Å². The van der Waals surface area contributed by atoms with Gasteiger partial charge in [-0.3, -0.25) is 4.79 Å². The molecule has 0 saturated heterocycles. The second-order valence-corrected chi connectivity index (χ2v) is 8.39. The zero-order chi connectivity index (χ0) is 22.1. The van der Waals surface area contributed by atoms with Crippen LogP contribution in [-0.2, 0) is 0 Å². The molecule has 0 aliphatic heterocycles. The molecule has 1 heterocycles. The summed E-state index contributed by atoms with van der Waals surface area (Å²) >= 11 is 0. The summed E-state index contributed by atoms with van der Waals surface area (Å²) in [5.41, 5.74) is 4.58. The zero-order valence-corrected chi connectivity index (χ0v) is 18.7. The van der Waals surface area contributed by atoms with E-state index in [0.29, 0.717) is 22.9 Å². The first-order chi connectivity index (χ1) is 14.1. The minimum atomic E-state index is -0.369. The Balaban J connectivity index is 2.19. The van der Waals surface area contributed by atoms with Crippen molar-refractivity contribution < 1.29 is 14.3 Å². The summed E-state index contributed by atoms with van der Waals surface area (Å²) in [6.07, 6.45) is 0.